The zero-order valence-corrected chi connectivity index (χ0v) is 13.3. The number of fused-ring (bicyclic) bond motifs is 1. The third-order valence-corrected chi connectivity index (χ3v) is 4.01. The highest BCUT2D eigenvalue weighted by Gasteiger charge is 2.27. The summed E-state index contributed by atoms with van der Waals surface area (Å²) in [6.45, 7) is 7.70. The molecule has 1 aromatic carbocycles. The van der Waals surface area contributed by atoms with E-state index in [1.54, 1.807) is 0 Å². The third-order valence-electron chi connectivity index (χ3n) is 4.01. The fourth-order valence-corrected chi connectivity index (χ4v) is 2.73. The Kier molecular flexibility index (Phi) is 5.43. The van der Waals surface area contributed by atoms with E-state index in [1.807, 2.05) is 49.1 Å². The van der Waals surface area contributed by atoms with Gasteiger partial charge in [-0.25, -0.2) is 0 Å². The lowest BCUT2D eigenvalue weighted by molar-refractivity contribution is -0.133. The Labute approximate surface area is 126 Å². The molecule has 3 nitrogen and oxygen atoms in total. The van der Waals surface area contributed by atoms with Crippen molar-refractivity contribution in [3.8, 4) is 0 Å². The largest absolute Gasteiger partial charge is 0.460 e. The number of unbranched alkanes of at least 4 members (excludes halogenated alkanes) is 1. The van der Waals surface area contributed by atoms with E-state index in [-0.39, 0.29) is 11.8 Å². The number of rotatable bonds is 7. The Hall–Kier alpha value is -1.77. The number of carbonyl (C=O) groups is 1. The van der Waals surface area contributed by atoms with Crippen molar-refractivity contribution in [1.29, 1.82) is 0 Å². The van der Waals surface area contributed by atoms with Crippen LogP contribution in [0.1, 0.15) is 51.7 Å². The maximum Gasteiger partial charge on any atom is 0.233 e. The quantitative estimate of drug-likeness (QED) is 0.747. The van der Waals surface area contributed by atoms with Gasteiger partial charge in [0.2, 0.25) is 5.91 Å². The second kappa shape index (κ2) is 7.30. The summed E-state index contributed by atoms with van der Waals surface area (Å²) in [5.41, 5.74) is 0.862. The van der Waals surface area contributed by atoms with Crippen LogP contribution in [0.3, 0.4) is 0 Å². The van der Waals surface area contributed by atoms with E-state index < -0.39 is 0 Å². The van der Waals surface area contributed by atoms with Crippen LogP contribution < -0.4 is 0 Å². The SMILES string of the molecule is CCCCC(C(=O)N(CC)CC)c1cc2ccccc2o1. The molecule has 114 valence electrons. The van der Waals surface area contributed by atoms with Crippen molar-refractivity contribution in [1.82, 2.24) is 4.90 Å². The van der Waals surface area contributed by atoms with Gasteiger partial charge in [0.1, 0.15) is 11.3 Å². The fraction of sp³-hybridized carbons (Fsp3) is 0.500. The first kappa shape index (κ1) is 15.6. The normalized spacial score (nSPS) is 12.5. The summed E-state index contributed by atoms with van der Waals surface area (Å²) < 4.78 is 5.94. The number of hydrogen-bond donors (Lipinski definition) is 0. The number of likely N-dealkylation sites (N-methyl/N-ethyl adjacent to an activating group) is 1. The van der Waals surface area contributed by atoms with Gasteiger partial charge in [-0.3, -0.25) is 4.79 Å². The van der Waals surface area contributed by atoms with E-state index in [0.717, 1.165) is 49.1 Å². The molecule has 3 heteroatoms. The first-order valence-corrected chi connectivity index (χ1v) is 7.98. The van der Waals surface area contributed by atoms with Crippen LogP contribution in [-0.4, -0.2) is 23.9 Å². The lowest BCUT2D eigenvalue weighted by atomic mass is 9.97. The molecule has 1 aromatic heterocycles. The molecule has 21 heavy (non-hydrogen) atoms. The zero-order valence-electron chi connectivity index (χ0n) is 13.3. The van der Waals surface area contributed by atoms with Gasteiger partial charge < -0.3 is 9.32 Å². The molecule has 0 aliphatic rings. The molecule has 1 unspecified atom stereocenters. The van der Waals surface area contributed by atoms with Crippen molar-refractivity contribution >= 4 is 16.9 Å². The summed E-state index contributed by atoms with van der Waals surface area (Å²) in [5, 5.41) is 1.07. The van der Waals surface area contributed by atoms with E-state index >= 15 is 0 Å². The van der Waals surface area contributed by atoms with Gasteiger partial charge in [0.15, 0.2) is 0 Å². The third kappa shape index (κ3) is 3.46. The van der Waals surface area contributed by atoms with Crippen LogP contribution in [0, 0.1) is 0 Å². The van der Waals surface area contributed by atoms with Crippen LogP contribution in [-0.2, 0) is 4.79 Å². The molecule has 1 heterocycles. The first-order valence-electron chi connectivity index (χ1n) is 7.98. The van der Waals surface area contributed by atoms with E-state index in [0.29, 0.717) is 0 Å². The Balaban J connectivity index is 2.32. The van der Waals surface area contributed by atoms with Gasteiger partial charge in [0.05, 0.1) is 5.92 Å². The number of hydrogen-bond acceptors (Lipinski definition) is 2. The molecule has 0 saturated carbocycles. The topological polar surface area (TPSA) is 33.5 Å². The van der Waals surface area contributed by atoms with Crippen molar-refractivity contribution in [2.24, 2.45) is 0 Å². The molecule has 2 aromatic rings. The van der Waals surface area contributed by atoms with E-state index in [1.165, 1.54) is 0 Å². The molecule has 0 bridgehead atoms. The standard InChI is InChI=1S/C18H25NO2/c1-4-7-11-15(18(20)19(5-2)6-3)17-13-14-10-8-9-12-16(14)21-17/h8-10,12-13,15H,4-7,11H2,1-3H3. The summed E-state index contributed by atoms with van der Waals surface area (Å²) in [6.07, 6.45) is 2.97. The number of benzene rings is 1. The molecule has 0 radical (unpaired) electrons. The van der Waals surface area contributed by atoms with Crippen molar-refractivity contribution in [3.63, 3.8) is 0 Å². The molecule has 2 rings (SSSR count). The molecule has 1 amide bonds. The second-order valence-electron chi connectivity index (χ2n) is 5.39. The molecule has 0 saturated heterocycles. The first-order chi connectivity index (χ1) is 10.2. The van der Waals surface area contributed by atoms with Crippen LogP contribution >= 0.6 is 0 Å². The summed E-state index contributed by atoms with van der Waals surface area (Å²) in [6, 6.07) is 9.97. The van der Waals surface area contributed by atoms with Gasteiger partial charge in [-0.2, -0.15) is 0 Å². The van der Waals surface area contributed by atoms with Crippen LogP contribution in [0.15, 0.2) is 34.7 Å². The Morgan fingerprint density at radius 1 is 1.19 bits per heavy atom. The highest BCUT2D eigenvalue weighted by atomic mass is 16.3. The van der Waals surface area contributed by atoms with Crippen LogP contribution in [0.25, 0.3) is 11.0 Å². The molecular formula is C18H25NO2. The van der Waals surface area contributed by atoms with Crippen molar-refractivity contribution in [2.75, 3.05) is 13.1 Å². The van der Waals surface area contributed by atoms with Crippen LogP contribution in [0.4, 0.5) is 0 Å². The summed E-state index contributed by atoms with van der Waals surface area (Å²) in [5.74, 6) is 0.839. The van der Waals surface area contributed by atoms with Crippen LogP contribution in [0.2, 0.25) is 0 Å². The number of carbonyl (C=O) groups excluding carboxylic acids is 1. The molecule has 0 aliphatic heterocycles. The van der Waals surface area contributed by atoms with Gasteiger partial charge in [-0.15, -0.1) is 0 Å². The number of furan rings is 1. The molecule has 0 N–H and O–H groups in total. The minimum atomic E-state index is -0.155. The lowest BCUT2D eigenvalue weighted by Gasteiger charge is -2.24. The van der Waals surface area contributed by atoms with Crippen molar-refractivity contribution < 1.29 is 9.21 Å². The maximum absolute atomic E-state index is 12.8. The smallest absolute Gasteiger partial charge is 0.233 e. The number of nitrogens with zero attached hydrogens (tertiary/aromatic N) is 1. The van der Waals surface area contributed by atoms with Gasteiger partial charge >= 0.3 is 0 Å². The monoisotopic (exact) mass is 287 g/mol. The molecule has 0 fully saturated rings. The van der Waals surface area contributed by atoms with E-state index in [2.05, 4.69) is 6.92 Å². The van der Waals surface area contributed by atoms with Gasteiger partial charge in [0.25, 0.3) is 0 Å². The summed E-state index contributed by atoms with van der Waals surface area (Å²) >= 11 is 0. The average Bonchev–Trinajstić information content (AvgIpc) is 2.92. The highest BCUT2D eigenvalue weighted by Crippen LogP contribution is 2.30. The summed E-state index contributed by atoms with van der Waals surface area (Å²) in [4.78, 5) is 14.7. The number of para-hydroxylation sites is 1. The second-order valence-corrected chi connectivity index (χ2v) is 5.39. The van der Waals surface area contributed by atoms with Gasteiger partial charge in [-0.05, 0) is 32.4 Å². The zero-order chi connectivity index (χ0) is 15.2. The Morgan fingerprint density at radius 3 is 2.52 bits per heavy atom. The average molecular weight is 287 g/mol. The molecular weight excluding hydrogens is 262 g/mol. The number of amides is 1. The fourth-order valence-electron chi connectivity index (χ4n) is 2.73. The molecule has 0 aliphatic carbocycles. The predicted molar refractivity (Wildman–Crippen MR) is 86.4 cm³/mol. The minimum absolute atomic E-state index is 0.155. The molecule has 0 spiro atoms. The summed E-state index contributed by atoms with van der Waals surface area (Å²) in [7, 11) is 0. The van der Waals surface area contributed by atoms with Crippen molar-refractivity contribution in [3.05, 3.63) is 36.1 Å². The van der Waals surface area contributed by atoms with Crippen molar-refractivity contribution in [2.45, 2.75) is 46.0 Å². The Morgan fingerprint density at radius 2 is 1.90 bits per heavy atom. The Bertz CT molecular complexity index is 551. The maximum atomic E-state index is 12.8. The predicted octanol–water partition coefficient (Wildman–Crippen LogP) is 4.58. The van der Waals surface area contributed by atoms with Crippen LogP contribution in [0.5, 0.6) is 0 Å². The van der Waals surface area contributed by atoms with E-state index in [9.17, 15) is 4.79 Å². The molecule has 1 atom stereocenters. The van der Waals surface area contributed by atoms with Gasteiger partial charge in [0, 0.05) is 18.5 Å². The highest BCUT2D eigenvalue weighted by molar-refractivity contribution is 5.85. The van der Waals surface area contributed by atoms with Gasteiger partial charge in [-0.1, -0.05) is 38.0 Å². The van der Waals surface area contributed by atoms with E-state index in [4.69, 9.17) is 4.42 Å². The minimum Gasteiger partial charge on any atom is -0.460 e. The lowest BCUT2D eigenvalue weighted by Crippen LogP contribution is -2.34.